The van der Waals surface area contributed by atoms with Crippen molar-refractivity contribution in [1.29, 1.82) is 0 Å². The Kier molecular flexibility index (Phi) is 11.8. The Labute approximate surface area is 178 Å². The zero-order valence-corrected chi connectivity index (χ0v) is 18.4. The molecule has 0 aliphatic heterocycles. The largest absolute Gasteiger partial charge is 0.481 e. The van der Waals surface area contributed by atoms with Gasteiger partial charge in [0.2, 0.25) is 0 Å². The molecule has 7 heteroatoms. The predicted molar refractivity (Wildman–Crippen MR) is 118 cm³/mol. The molecule has 1 rings (SSSR count). The molecule has 1 aromatic rings. The van der Waals surface area contributed by atoms with Crippen LogP contribution in [0.3, 0.4) is 0 Å². The minimum absolute atomic E-state index is 0.0688. The molecule has 0 fully saturated rings. The fraction of sp³-hybridized carbons (Fsp3) is 0.636. The maximum Gasteiger partial charge on any atom is 0.303 e. The number of hydrogen-bond acceptors (Lipinski definition) is 5. The lowest BCUT2D eigenvalue weighted by atomic mass is 9.75. The number of benzene rings is 1. The van der Waals surface area contributed by atoms with Gasteiger partial charge < -0.3 is 20.1 Å². The van der Waals surface area contributed by atoms with Crippen LogP contribution in [0.1, 0.15) is 83.6 Å². The standard InChI is InChI=1S/C22H35NO5S/c1-3-22(2,14-8-4-6-10-20(24)25)18-16-17(29-28)12-13-19(18)23-15-9-5-7-11-21(26)27/h12-13,16,23,28H,3-11,14-15H2,1-2H3,(H,24,25)(H,26,27). The first-order valence-electron chi connectivity index (χ1n) is 10.5. The minimum Gasteiger partial charge on any atom is -0.481 e. The van der Waals surface area contributed by atoms with E-state index in [0.717, 1.165) is 67.7 Å². The summed E-state index contributed by atoms with van der Waals surface area (Å²) in [6.45, 7) is 5.16. The fourth-order valence-electron chi connectivity index (χ4n) is 3.50. The van der Waals surface area contributed by atoms with Crippen molar-refractivity contribution in [3.8, 4) is 0 Å². The quantitative estimate of drug-likeness (QED) is 0.190. The molecule has 0 bridgehead atoms. The van der Waals surface area contributed by atoms with Crippen LogP contribution in [-0.4, -0.2) is 33.2 Å². The third-order valence-corrected chi connectivity index (χ3v) is 5.99. The molecule has 0 heterocycles. The van der Waals surface area contributed by atoms with Gasteiger partial charge in [-0.2, -0.15) is 0 Å². The van der Waals surface area contributed by atoms with E-state index in [1.165, 1.54) is 5.56 Å². The van der Waals surface area contributed by atoms with Crippen LogP contribution in [0.15, 0.2) is 23.1 Å². The molecule has 0 aromatic heterocycles. The first kappa shape index (κ1) is 25.3. The van der Waals surface area contributed by atoms with E-state index in [1.54, 1.807) is 0 Å². The molecule has 0 saturated heterocycles. The summed E-state index contributed by atoms with van der Waals surface area (Å²) < 4.78 is 9.50. The third kappa shape index (κ3) is 9.54. The molecule has 0 amide bonds. The summed E-state index contributed by atoms with van der Waals surface area (Å²) in [5, 5.41) is 21.0. The summed E-state index contributed by atoms with van der Waals surface area (Å²) in [4.78, 5) is 22.1. The molecule has 1 aromatic carbocycles. The second-order valence-corrected chi connectivity index (χ2v) is 8.45. The van der Waals surface area contributed by atoms with Crippen LogP contribution >= 0.6 is 12.0 Å². The smallest absolute Gasteiger partial charge is 0.303 e. The van der Waals surface area contributed by atoms with Crippen molar-refractivity contribution in [3.63, 3.8) is 0 Å². The van der Waals surface area contributed by atoms with E-state index in [9.17, 15) is 14.1 Å². The number of hydrogen-bond donors (Lipinski definition) is 4. The van der Waals surface area contributed by atoms with E-state index in [0.29, 0.717) is 12.8 Å². The Balaban J connectivity index is 2.75. The van der Waals surface area contributed by atoms with Crippen LogP contribution < -0.4 is 5.32 Å². The molecule has 0 spiro atoms. The van der Waals surface area contributed by atoms with Gasteiger partial charge >= 0.3 is 11.9 Å². The maximum atomic E-state index is 10.7. The van der Waals surface area contributed by atoms with Crippen molar-refractivity contribution in [2.45, 2.75) is 88.4 Å². The van der Waals surface area contributed by atoms with Crippen molar-refractivity contribution in [2.24, 2.45) is 0 Å². The molecular formula is C22H35NO5S. The average Bonchev–Trinajstić information content (AvgIpc) is 2.69. The van der Waals surface area contributed by atoms with E-state index in [4.69, 9.17) is 10.2 Å². The summed E-state index contributed by atoms with van der Waals surface area (Å²) in [5.74, 6) is -1.50. The van der Waals surface area contributed by atoms with E-state index >= 15 is 0 Å². The number of nitrogens with one attached hydrogen (secondary N) is 1. The Morgan fingerprint density at radius 2 is 1.62 bits per heavy atom. The van der Waals surface area contributed by atoms with Crippen LogP contribution in [0.25, 0.3) is 0 Å². The molecule has 0 saturated carbocycles. The van der Waals surface area contributed by atoms with E-state index in [2.05, 4.69) is 19.2 Å². The van der Waals surface area contributed by atoms with Gasteiger partial charge in [0.25, 0.3) is 0 Å². The van der Waals surface area contributed by atoms with Gasteiger partial charge in [-0.3, -0.25) is 9.59 Å². The van der Waals surface area contributed by atoms with Crippen molar-refractivity contribution in [1.82, 2.24) is 0 Å². The molecule has 164 valence electrons. The van der Waals surface area contributed by atoms with Crippen LogP contribution in [-0.2, 0) is 15.0 Å². The number of carbonyl (C=O) groups is 2. The van der Waals surface area contributed by atoms with Gasteiger partial charge in [0.1, 0.15) is 0 Å². The van der Waals surface area contributed by atoms with Gasteiger partial charge in [-0.25, -0.2) is 0 Å². The van der Waals surface area contributed by atoms with E-state index < -0.39 is 11.9 Å². The molecule has 0 radical (unpaired) electrons. The Morgan fingerprint density at radius 1 is 1.00 bits per heavy atom. The summed E-state index contributed by atoms with van der Waals surface area (Å²) in [6.07, 6.45) is 7.34. The van der Waals surface area contributed by atoms with Crippen LogP contribution in [0, 0.1) is 0 Å². The summed E-state index contributed by atoms with van der Waals surface area (Å²) >= 11 is 0.742. The zero-order valence-electron chi connectivity index (χ0n) is 17.6. The van der Waals surface area contributed by atoms with Gasteiger partial charge in [-0.1, -0.05) is 33.1 Å². The minimum atomic E-state index is -0.751. The molecule has 4 N–H and O–H groups in total. The zero-order chi connectivity index (χ0) is 21.7. The Morgan fingerprint density at radius 3 is 2.17 bits per heavy atom. The lowest BCUT2D eigenvalue weighted by Crippen LogP contribution is -2.23. The predicted octanol–water partition coefficient (Wildman–Crippen LogP) is 6.01. The van der Waals surface area contributed by atoms with Crippen molar-refractivity contribution in [3.05, 3.63) is 23.8 Å². The number of anilines is 1. The molecule has 29 heavy (non-hydrogen) atoms. The molecule has 0 aliphatic rings. The van der Waals surface area contributed by atoms with Crippen molar-refractivity contribution in [2.75, 3.05) is 11.9 Å². The number of unbranched alkanes of at least 4 members (excludes halogenated alkanes) is 4. The number of carboxylic acid groups (broad SMARTS) is 2. The number of carboxylic acids is 2. The molecule has 1 unspecified atom stereocenters. The topological polar surface area (TPSA) is 107 Å². The molecule has 6 nitrogen and oxygen atoms in total. The highest BCUT2D eigenvalue weighted by atomic mass is 32.2. The van der Waals surface area contributed by atoms with Gasteiger partial charge in [0.15, 0.2) is 0 Å². The lowest BCUT2D eigenvalue weighted by Gasteiger charge is -2.32. The highest BCUT2D eigenvalue weighted by Gasteiger charge is 2.27. The summed E-state index contributed by atoms with van der Waals surface area (Å²) in [6, 6.07) is 5.94. The Hall–Kier alpha value is -1.73. The van der Waals surface area contributed by atoms with Crippen LogP contribution in [0.4, 0.5) is 5.69 Å². The Bertz CT molecular complexity index is 652. The molecule has 0 aliphatic carbocycles. The lowest BCUT2D eigenvalue weighted by molar-refractivity contribution is -0.138. The normalized spacial score (nSPS) is 13.1. The maximum absolute atomic E-state index is 10.7. The highest BCUT2D eigenvalue weighted by molar-refractivity contribution is 7.93. The number of rotatable bonds is 16. The van der Waals surface area contributed by atoms with E-state index in [-0.39, 0.29) is 18.3 Å². The van der Waals surface area contributed by atoms with Gasteiger partial charge in [-0.05, 0) is 61.3 Å². The SMILES string of the molecule is CCC(C)(CCCCCC(=O)O)c1cc(SO)ccc1NCCCCCC(=O)O. The van der Waals surface area contributed by atoms with Crippen LogP contribution in [0.2, 0.25) is 0 Å². The first-order valence-corrected chi connectivity index (χ1v) is 11.2. The molecular weight excluding hydrogens is 390 g/mol. The van der Waals surface area contributed by atoms with Gasteiger partial charge in [0, 0.05) is 42.0 Å². The monoisotopic (exact) mass is 425 g/mol. The van der Waals surface area contributed by atoms with Crippen molar-refractivity contribution < 1.29 is 24.4 Å². The van der Waals surface area contributed by atoms with Gasteiger partial charge in [0.05, 0.1) is 0 Å². The highest BCUT2D eigenvalue weighted by Crippen LogP contribution is 2.39. The van der Waals surface area contributed by atoms with Crippen LogP contribution in [0.5, 0.6) is 0 Å². The summed E-state index contributed by atoms with van der Waals surface area (Å²) in [7, 11) is 0. The van der Waals surface area contributed by atoms with Gasteiger partial charge in [-0.15, -0.1) is 0 Å². The summed E-state index contributed by atoms with van der Waals surface area (Å²) in [5.41, 5.74) is 2.15. The second-order valence-electron chi connectivity index (χ2n) is 7.80. The molecule has 1 atom stereocenters. The third-order valence-electron chi connectivity index (χ3n) is 5.53. The first-order chi connectivity index (χ1) is 13.8. The van der Waals surface area contributed by atoms with E-state index in [1.807, 2.05) is 18.2 Å². The fourth-order valence-corrected chi connectivity index (χ4v) is 3.80. The second kappa shape index (κ2) is 13.5. The average molecular weight is 426 g/mol. The number of aliphatic carboxylic acids is 2. The van der Waals surface area contributed by atoms with Crippen molar-refractivity contribution >= 4 is 29.7 Å².